The summed E-state index contributed by atoms with van der Waals surface area (Å²) >= 11 is 1.17. The Morgan fingerprint density at radius 2 is 2.00 bits per heavy atom. The molecule has 0 radical (unpaired) electrons. The van der Waals surface area contributed by atoms with Crippen LogP contribution in [0.15, 0.2) is 52.4 Å². The standard InChI is InChI=1S/C19H17N3O5S/c1-3-27-14-7-5-13(6-8-14)20-19-21(2)18(24)17(28-19)11-12-4-9-16(23)15(10-12)22(25)26/h4-11,23H,3H2,1-2H3/b17-11-,20-19?. The number of hydrogen-bond acceptors (Lipinski definition) is 7. The van der Waals surface area contributed by atoms with Crippen molar-refractivity contribution in [2.45, 2.75) is 6.92 Å². The lowest BCUT2D eigenvalue weighted by atomic mass is 10.1. The molecule has 144 valence electrons. The van der Waals surface area contributed by atoms with Gasteiger partial charge in [0.2, 0.25) is 0 Å². The molecule has 0 aromatic heterocycles. The Kier molecular flexibility index (Phi) is 5.65. The number of phenolic OH excluding ortho intramolecular Hbond substituents is 1. The zero-order valence-corrected chi connectivity index (χ0v) is 16.0. The highest BCUT2D eigenvalue weighted by molar-refractivity contribution is 8.18. The number of amidine groups is 1. The third kappa shape index (κ3) is 4.15. The van der Waals surface area contributed by atoms with Crippen molar-refractivity contribution in [3.8, 4) is 11.5 Å². The number of carbonyl (C=O) groups excluding carboxylic acids is 1. The maximum atomic E-state index is 12.5. The fourth-order valence-corrected chi connectivity index (χ4v) is 3.46. The number of ether oxygens (including phenoxy) is 1. The van der Waals surface area contributed by atoms with Gasteiger partial charge in [-0.25, -0.2) is 4.99 Å². The van der Waals surface area contributed by atoms with Crippen LogP contribution in [0.2, 0.25) is 0 Å². The number of phenols is 1. The number of hydrogen-bond donors (Lipinski definition) is 1. The second kappa shape index (κ2) is 8.13. The predicted octanol–water partition coefficient (Wildman–Crippen LogP) is 3.93. The van der Waals surface area contributed by atoms with Crippen LogP contribution < -0.4 is 4.74 Å². The van der Waals surface area contributed by atoms with Gasteiger partial charge in [0.1, 0.15) is 5.75 Å². The number of amides is 1. The molecule has 3 rings (SSSR count). The molecule has 1 amide bonds. The minimum Gasteiger partial charge on any atom is -0.502 e. The monoisotopic (exact) mass is 399 g/mol. The van der Waals surface area contributed by atoms with E-state index in [1.807, 2.05) is 6.92 Å². The van der Waals surface area contributed by atoms with Crippen molar-refractivity contribution in [3.05, 3.63) is 63.0 Å². The van der Waals surface area contributed by atoms with Crippen LogP contribution in [0.5, 0.6) is 11.5 Å². The van der Waals surface area contributed by atoms with Crippen LogP contribution in [0, 0.1) is 10.1 Å². The second-order valence-electron chi connectivity index (χ2n) is 5.80. The van der Waals surface area contributed by atoms with Gasteiger partial charge in [-0.1, -0.05) is 6.07 Å². The van der Waals surface area contributed by atoms with Gasteiger partial charge in [-0.2, -0.15) is 0 Å². The summed E-state index contributed by atoms with van der Waals surface area (Å²) in [4.78, 5) is 29.1. The van der Waals surface area contributed by atoms with Crippen molar-refractivity contribution in [1.82, 2.24) is 4.90 Å². The quantitative estimate of drug-likeness (QED) is 0.464. The Bertz CT molecular complexity index is 986. The first kappa shape index (κ1) is 19.4. The van der Waals surface area contributed by atoms with Crippen LogP contribution in [-0.4, -0.2) is 39.7 Å². The number of nitro benzene ring substituents is 1. The van der Waals surface area contributed by atoms with Crippen LogP contribution in [0.1, 0.15) is 12.5 Å². The summed E-state index contributed by atoms with van der Waals surface area (Å²) in [6.07, 6.45) is 1.54. The predicted molar refractivity (Wildman–Crippen MR) is 108 cm³/mol. The first-order valence-electron chi connectivity index (χ1n) is 8.35. The second-order valence-corrected chi connectivity index (χ2v) is 6.81. The van der Waals surface area contributed by atoms with Gasteiger partial charge in [0.05, 0.1) is 22.1 Å². The third-order valence-corrected chi connectivity index (χ3v) is 4.93. The topological polar surface area (TPSA) is 105 Å². The minimum atomic E-state index is -0.675. The molecular formula is C19H17N3O5S. The molecule has 0 saturated carbocycles. The van der Waals surface area contributed by atoms with Crippen molar-refractivity contribution >= 4 is 40.3 Å². The molecule has 28 heavy (non-hydrogen) atoms. The molecule has 1 aliphatic rings. The molecule has 0 spiro atoms. The van der Waals surface area contributed by atoms with E-state index in [0.29, 0.717) is 27.9 Å². The number of rotatable bonds is 5. The fraction of sp³-hybridized carbons (Fsp3) is 0.158. The number of benzene rings is 2. The first-order valence-corrected chi connectivity index (χ1v) is 9.17. The van der Waals surface area contributed by atoms with Crippen molar-refractivity contribution in [2.75, 3.05) is 13.7 Å². The fourth-order valence-electron chi connectivity index (χ4n) is 2.47. The van der Waals surface area contributed by atoms with E-state index in [-0.39, 0.29) is 5.91 Å². The average molecular weight is 399 g/mol. The van der Waals surface area contributed by atoms with Crippen molar-refractivity contribution in [1.29, 1.82) is 0 Å². The molecule has 1 heterocycles. The number of thioether (sulfide) groups is 1. The van der Waals surface area contributed by atoms with Gasteiger partial charge in [-0.05, 0) is 60.7 Å². The average Bonchev–Trinajstić information content (AvgIpc) is 2.93. The summed E-state index contributed by atoms with van der Waals surface area (Å²) in [5.74, 6) is 0.0577. The molecule has 1 N–H and O–H groups in total. The molecule has 1 fully saturated rings. The molecule has 2 aromatic rings. The SMILES string of the molecule is CCOc1ccc(N=C2S/C(=C\c3ccc(O)c([N+](=O)[O-])c3)C(=O)N2C)cc1. The number of nitrogens with zero attached hydrogens (tertiary/aromatic N) is 3. The normalized spacial score (nSPS) is 16.8. The number of nitro groups is 1. The molecule has 2 aromatic carbocycles. The van der Waals surface area contributed by atoms with Crippen molar-refractivity contribution < 1.29 is 19.6 Å². The van der Waals surface area contributed by atoms with Gasteiger partial charge in [-0.15, -0.1) is 0 Å². The van der Waals surface area contributed by atoms with Crippen LogP contribution in [0.3, 0.4) is 0 Å². The molecule has 0 aliphatic carbocycles. The zero-order valence-electron chi connectivity index (χ0n) is 15.2. The summed E-state index contributed by atoms with van der Waals surface area (Å²) < 4.78 is 5.39. The Hall–Kier alpha value is -3.33. The molecular weight excluding hydrogens is 382 g/mol. The van der Waals surface area contributed by atoms with E-state index in [1.54, 1.807) is 31.3 Å². The number of carbonyl (C=O) groups is 1. The van der Waals surface area contributed by atoms with Crippen LogP contribution in [-0.2, 0) is 4.79 Å². The van der Waals surface area contributed by atoms with Gasteiger partial charge in [0.15, 0.2) is 10.9 Å². The van der Waals surface area contributed by atoms with Crippen molar-refractivity contribution in [3.63, 3.8) is 0 Å². The number of aliphatic imine (C=N–C) groups is 1. The maximum absolute atomic E-state index is 12.5. The summed E-state index contributed by atoms with van der Waals surface area (Å²) in [5, 5.41) is 21.0. The van der Waals surface area contributed by atoms with Crippen LogP contribution >= 0.6 is 11.8 Å². The van der Waals surface area contributed by atoms with E-state index < -0.39 is 16.4 Å². The molecule has 9 heteroatoms. The van der Waals surface area contributed by atoms with Gasteiger partial charge < -0.3 is 9.84 Å². The highest BCUT2D eigenvalue weighted by atomic mass is 32.2. The molecule has 0 unspecified atom stereocenters. The Balaban J connectivity index is 1.86. The highest BCUT2D eigenvalue weighted by Gasteiger charge is 2.30. The third-order valence-electron chi connectivity index (χ3n) is 3.87. The summed E-state index contributed by atoms with van der Waals surface area (Å²) in [5.41, 5.74) is 0.699. The smallest absolute Gasteiger partial charge is 0.311 e. The van der Waals surface area contributed by atoms with Crippen LogP contribution in [0.4, 0.5) is 11.4 Å². The van der Waals surface area contributed by atoms with Gasteiger partial charge in [-0.3, -0.25) is 19.8 Å². The van der Waals surface area contributed by atoms with E-state index in [9.17, 15) is 20.0 Å². The highest BCUT2D eigenvalue weighted by Crippen LogP contribution is 2.35. The summed E-state index contributed by atoms with van der Waals surface area (Å²) in [6, 6.07) is 11.1. The lowest BCUT2D eigenvalue weighted by Crippen LogP contribution is -2.23. The number of aromatic hydroxyl groups is 1. The lowest BCUT2D eigenvalue weighted by Gasteiger charge is -2.07. The van der Waals surface area contributed by atoms with E-state index >= 15 is 0 Å². The number of likely N-dealkylation sites (N-methyl/N-ethyl adjacent to an activating group) is 1. The van der Waals surface area contributed by atoms with Gasteiger partial charge in [0.25, 0.3) is 5.91 Å². The lowest BCUT2D eigenvalue weighted by molar-refractivity contribution is -0.385. The van der Waals surface area contributed by atoms with E-state index in [1.165, 1.54) is 40.9 Å². The molecule has 0 bridgehead atoms. The molecule has 1 saturated heterocycles. The Labute approximate surface area is 165 Å². The Morgan fingerprint density at radius 1 is 1.29 bits per heavy atom. The maximum Gasteiger partial charge on any atom is 0.311 e. The van der Waals surface area contributed by atoms with E-state index in [0.717, 1.165) is 5.75 Å². The Morgan fingerprint density at radius 3 is 2.64 bits per heavy atom. The molecule has 0 atom stereocenters. The van der Waals surface area contributed by atoms with Crippen LogP contribution in [0.25, 0.3) is 6.08 Å². The van der Waals surface area contributed by atoms with Crippen molar-refractivity contribution in [2.24, 2.45) is 4.99 Å². The van der Waals surface area contributed by atoms with E-state index in [4.69, 9.17) is 4.74 Å². The summed E-state index contributed by atoms with van der Waals surface area (Å²) in [6.45, 7) is 2.48. The van der Waals surface area contributed by atoms with Gasteiger partial charge in [0, 0.05) is 13.1 Å². The zero-order chi connectivity index (χ0) is 20.3. The van der Waals surface area contributed by atoms with Gasteiger partial charge >= 0.3 is 5.69 Å². The molecule has 1 aliphatic heterocycles. The largest absolute Gasteiger partial charge is 0.502 e. The molecule has 8 nitrogen and oxygen atoms in total. The first-order chi connectivity index (χ1) is 13.4. The van der Waals surface area contributed by atoms with E-state index in [2.05, 4.69) is 4.99 Å². The summed E-state index contributed by atoms with van der Waals surface area (Å²) in [7, 11) is 1.61. The minimum absolute atomic E-state index is 0.259.